The number of fused-ring (bicyclic) bond motifs is 2. The lowest BCUT2D eigenvalue weighted by atomic mass is 9.83. The van der Waals surface area contributed by atoms with Gasteiger partial charge in [0.1, 0.15) is 0 Å². The van der Waals surface area contributed by atoms with Crippen molar-refractivity contribution in [1.82, 2.24) is 0 Å². The van der Waals surface area contributed by atoms with E-state index in [1.807, 2.05) is 0 Å². The predicted molar refractivity (Wildman–Crippen MR) is 104 cm³/mol. The number of benzene rings is 2. The van der Waals surface area contributed by atoms with Gasteiger partial charge in [0, 0.05) is 59.6 Å². The molecular weight excluding hydrogens is 360 g/mol. The third-order valence-electron chi connectivity index (χ3n) is 4.33. The van der Waals surface area contributed by atoms with Gasteiger partial charge in [0.05, 0.1) is 0 Å². The smallest absolute Gasteiger partial charge is 0.225 e. The molecule has 3 rings (SSSR count). The van der Waals surface area contributed by atoms with Gasteiger partial charge in [-0.1, -0.05) is 0 Å². The second kappa shape index (κ2) is 8.12. The normalized spacial score (nSPS) is 12.2. The third-order valence-corrected chi connectivity index (χ3v) is 4.33. The Balaban J connectivity index is 1.91. The predicted octanol–water partition coefficient (Wildman–Crippen LogP) is 1.04. The number of rotatable bonds is 6. The number of anilines is 2. The zero-order valence-corrected chi connectivity index (χ0v) is 15.1. The molecule has 0 fully saturated rings. The summed E-state index contributed by atoms with van der Waals surface area (Å²) in [5.74, 6) is -1.18. The molecular formula is C20H20N4O4. The molecule has 0 aliphatic heterocycles. The van der Waals surface area contributed by atoms with Crippen molar-refractivity contribution < 1.29 is 19.2 Å². The summed E-state index contributed by atoms with van der Waals surface area (Å²) in [5.41, 5.74) is 12.5. The first kappa shape index (κ1) is 19.4. The highest BCUT2D eigenvalue weighted by atomic mass is 16.2. The molecule has 0 heterocycles. The lowest BCUT2D eigenvalue weighted by molar-refractivity contribution is -0.116. The molecule has 8 heteroatoms. The van der Waals surface area contributed by atoms with Crippen molar-refractivity contribution in [2.45, 2.75) is 12.8 Å². The van der Waals surface area contributed by atoms with E-state index in [0.29, 0.717) is 11.4 Å². The summed E-state index contributed by atoms with van der Waals surface area (Å²) in [6, 6.07) is 9.13. The van der Waals surface area contributed by atoms with Crippen LogP contribution in [0.4, 0.5) is 11.4 Å². The van der Waals surface area contributed by atoms with E-state index in [2.05, 4.69) is 10.6 Å². The quantitative estimate of drug-likeness (QED) is 0.503. The monoisotopic (exact) mass is 380 g/mol. The fraction of sp³-hybridized carbons (Fsp3) is 0.200. The summed E-state index contributed by atoms with van der Waals surface area (Å²) < 4.78 is 0. The molecule has 0 aromatic heterocycles. The molecule has 0 spiro atoms. The Bertz CT molecular complexity index is 905. The Hall–Kier alpha value is -3.36. The van der Waals surface area contributed by atoms with Crippen LogP contribution in [0.3, 0.4) is 0 Å². The van der Waals surface area contributed by atoms with Crippen LogP contribution >= 0.6 is 0 Å². The number of nitrogens with two attached hydrogens (primary N) is 2. The first-order valence-corrected chi connectivity index (χ1v) is 8.82. The van der Waals surface area contributed by atoms with Gasteiger partial charge in [-0.2, -0.15) is 0 Å². The van der Waals surface area contributed by atoms with E-state index in [1.165, 1.54) is 24.3 Å². The van der Waals surface area contributed by atoms with Gasteiger partial charge in [-0.25, -0.2) is 0 Å². The van der Waals surface area contributed by atoms with Gasteiger partial charge in [0.2, 0.25) is 11.8 Å². The topological polar surface area (TPSA) is 144 Å². The average Bonchev–Trinajstić information content (AvgIpc) is 2.66. The Labute approximate surface area is 161 Å². The molecule has 28 heavy (non-hydrogen) atoms. The molecule has 2 aromatic carbocycles. The minimum Gasteiger partial charge on any atom is -0.330 e. The summed E-state index contributed by atoms with van der Waals surface area (Å²) >= 11 is 0. The molecule has 1 aliphatic rings. The summed E-state index contributed by atoms with van der Waals surface area (Å²) in [7, 11) is 0. The maximum atomic E-state index is 12.9. The number of ketones is 2. The van der Waals surface area contributed by atoms with E-state index in [9.17, 15) is 19.2 Å². The van der Waals surface area contributed by atoms with Crippen LogP contribution in [0.15, 0.2) is 36.4 Å². The molecule has 0 bridgehead atoms. The van der Waals surface area contributed by atoms with Crippen LogP contribution in [-0.4, -0.2) is 36.5 Å². The number of carbonyl (C=O) groups excluding carboxylic acids is 4. The third kappa shape index (κ3) is 3.83. The molecule has 8 nitrogen and oxygen atoms in total. The first-order chi connectivity index (χ1) is 13.4. The Morgan fingerprint density at radius 1 is 0.679 bits per heavy atom. The minimum absolute atomic E-state index is 0.158. The van der Waals surface area contributed by atoms with E-state index in [0.717, 1.165) is 0 Å². The fourth-order valence-electron chi connectivity index (χ4n) is 3.02. The van der Waals surface area contributed by atoms with Crippen LogP contribution in [0.1, 0.15) is 44.7 Å². The van der Waals surface area contributed by atoms with Crippen molar-refractivity contribution in [3.63, 3.8) is 0 Å². The Morgan fingerprint density at radius 3 is 1.43 bits per heavy atom. The van der Waals surface area contributed by atoms with E-state index in [1.54, 1.807) is 12.1 Å². The van der Waals surface area contributed by atoms with Crippen LogP contribution < -0.4 is 22.1 Å². The maximum absolute atomic E-state index is 12.9. The number of carbonyl (C=O) groups is 4. The highest BCUT2D eigenvalue weighted by Gasteiger charge is 2.30. The molecule has 0 unspecified atom stereocenters. The SMILES string of the molecule is NCCC(=O)Nc1ccc2c(c1)C(=O)c1ccc(NC(=O)CCN)cc1C2=O. The van der Waals surface area contributed by atoms with Crippen molar-refractivity contribution in [2.24, 2.45) is 11.5 Å². The number of hydrogen-bond donors (Lipinski definition) is 4. The second-order valence-corrected chi connectivity index (χ2v) is 6.35. The van der Waals surface area contributed by atoms with Gasteiger partial charge in [0.25, 0.3) is 0 Å². The van der Waals surface area contributed by atoms with E-state index in [-0.39, 0.29) is 71.6 Å². The fourth-order valence-corrected chi connectivity index (χ4v) is 3.02. The summed E-state index contributed by atoms with van der Waals surface area (Å²) in [5, 5.41) is 5.31. The largest absolute Gasteiger partial charge is 0.330 e. The second-order valence-electron chi connectivity index (χ2n) is 6.35. The number of nitrogens with one attached hydrogen (secondary N) is 2. The van der Waals surface area contributed by atoms with Crippen molar-refractivity contribution >= 4 is 34.8 Å². The highest BCUT2D eigenvalue weighted by Crippen LogP contribution is 2.31. The molecule has 2 aromatic rings. The van der Waals surface area contributed by atoms with Crippen LogP contribution in [0, 0.1) is 0 Å². The molecule has 1 aliphatic carbocycles. The number of hydrogen-bond acceptors (Lipinski definition) is 6. The zero-order chi connectivity index (χ0) is 20.3. The lowest BCUT2D eigenvalue weighted by Gasteiger charge is -2.19. The van der Waals surface area contributed by atoms with Crippen molar-refractivity contribution in [2.75, 3.05) is 23.7 Å². The number of amides is 2. The molecule has 0 saturated carbocycles. The van der Waals surface area contributed by atoms with Gasteiger partial charge in [-0.05, 0) is 36.4 Å². The van der Waals surface area contributed by atoms with Gasteiger partial charge >= 0.3 is 0 Å². The Morgan fingerprint density at radius 2 is 1.07 bits per heavy atom. The summed E-state index contributed by atoms with van der Waals surface area (Å²) in [6.45, 7) is 0.428. The van der Waals surface area contributed by atoms with E-state index >= 15 is 0 Å². The molecule has 0 saturated heterocycles. The van der Waals surface area contributed by atoms with Gasteiger partial charge in [-0.3, -0.25) is 19.2 Å². The highest BCUT2D eigenvalue weighted by molar-refractivity contribution is 6.29. The van der Waals surface area contributed by atoms with Crippen molar-refractivity contribution in [3.8, 4) is 0 Å². The van der Waals surface area contributed by atoms with Gasteiger partial charge in [0.15, 0.2) is 11.6 Å². The first-order valence-electron chi connectivity index (χ1n) is 8.82. The lowest BCUT2D eigenvalue weighted by Crippen LogP contribution is -2.23. The summed E-state index contributed by atoms with van der Waals surface area (Å²) in [6.07, 6.45) is 0.316. The average molecular weight is 380 g/mol. The Kier molecular flexibility index (Phi) is 5.62. The van der Waals surface area contributed by atoms with Gasteiger partial charge < -0.3 is 22.1 Å². The molecule has 0 atom stereocenters. The van der Waals surface area contributed by atoms with E-state index < -0.39 is 0 Å². The van der Waals surface area contributed by atoms with Crippen molar-refractivity contribution in [1.29, 1.82) is 0 Å². The maximum Gasteiger partial charge on any atom is 0.225 e. The molecule has 144 valence electrons. The van der Waals surface area contributed by atoms with Crippen molar-refractivity contribution in [3.05, 3.63) is 58.7 Å². The van der Waals surface area contributed by atoms with Crippen LogP contribution in [-0.2, 0) is 9.59 Å². The molecule has 6 N–H and O–H groups in total. The van der Waals surface area contributed by atoms with Crippen LogP contribution in [0.2, 0.25) is 0 Å². The molecule has 0 radical (unpaired) electrons. The van der Waals surface area contributed by atoms with E-state index in [4.69, 9.17) is 11.5 Å². The summed E-state index contributed by atoms with van der Waals surface area (Å²) in [4.78, 5) is 49.2. The van der Waals surface area contributed by atoms with Crippen LogP contribution in [0.5, 0.6) is 0 Å². The minimum atomic E-state index is -0.320. The van der Waals surface area contributed by atoms with Crippen LogP contribution in [0.25, 0.3) is 0 Å². The zero-order valence-electron chi connectivity index (χ0n) is 15.1. The standard InChI is InChI=1S/C20H20N4O4/c21-7-5-17(25)23-11-1-3-13-15(9-11)20(28)14-4-2-12(10-16(14)19(13)27)24-18(26)6-8-22/h1-4,9-10H,5-8,21-22H2,(H,23,25)(H,24,26). The van der Waals surface area contributed by atoms with Gasteiger partial charge in [-0.15, -0.1) is 0 Å². The molecule has 2 amide bonds.